The van der Waals surface area contributed by atoms with Gasteiger partial charge in [-0.1, -0.05) is 0 Å². The summed E-state index contributed by atoms with van der Waals surface area (Å²) in [5.41, 5.74) is 4.69. The number of amides is 3. The van der Waals surface area contributed by atoms with E-state index in [4.69, 9.17) is 15.2 Å². The highest BCUT2D eigenvalue weighted by atomic mass is 16.5. The molecule has 0 aliphatic carbocycles. The number of nitrogens with zero attached hydrogens (tertiary/aromatic N) is 1. The van der Waals surface area contributed by atoms with Gasteiger partial charge < -0.3 is 35.8 Å². The number of hydrogen-bond donors (Lipinski definition) is 4. The maximum atomic E-state index is 12.6. The highest BCUT2D eigenvalue weighted by Crippen LogP contribution is 2.18. The molecule has 2 rings (SSSR count). The summed E-state index contributed by atoms with van der Waals surface area (Å²) in [6.07, 6.45) is 2.28. The lowest BCUT2D eigenvalue weighted by Crippen LogP contribution is -2.57. The average molecular weight is 414 g/mol. The third-order valence-electron chi connectivity index (χ3n) is 4.92. The second-order valence-electron chi connectivity index (χ2n) is 7.58. The summed E-state index contributed by atoms with van der Waals surface area (Å²) >= 11 is 0. The van der Waals surface area contributed by atoms with Gasteiger partial charge in [-0.25, -0.2) is 4.79 Å². The van der Waals surface area contributed by atoms with Gasteiger partial charge >= 0.3 is 5.97 Å². The predicted octanol–water partition coefficient (Wildman–Crippen LogP) is -1.79. The van der Waals surface area contributed by atoms with Crippen LogP contribution in [-0.2, 0) is 28.7 Å². The van der Waals surface area contributed by atoms with Crippen LogP contribution in [0.4, 0.5) is 0 Å². The zero-order chi connectivity index (χ0) is 21.4. The minimum absolute atomic E-state index is 0.0102. The van der Waals surface area contributed by atoms with Gasteiger partial charge in [0, 0.05) is 19.8 Å². The summed E-state index contributed by atoms with van der Waals surface area (Å²) < 4.78 is 10.8. The number of ether oxygens (including phenoxy) is 2. The summed E-state index contributed by atoms with van der Waals surface area (Å²) in [5.74, 6) is -2.71. The fourth-order valence-electron chi connectivity index (χ4n) is 3.20. The number of hydrogen-bond acceptors (Lipinski definition) is 7. The van der Waals surface area contributed by atoms with E-state index >= 15 is 0 Å². The van der Waals surface area contributed by atoms with Crippen molar-refractivity contribution < 1.29 is 33.8 Å². The van der Waals surface area contributed by atoms with Crippen LogP contribution >= 0.6 is 0 Å². The molecule has 0 aromatic carbocycles. The van der Waals surface area contributed by atoms with E-state index in [0.29, 0.717) is 45.4 Å². The Morgan fingerprint density at radius 3 is 2.59 bits per heavy atom. The molecular formula is C18H30N4O7. The molecule has 11 nitrogen and oxygen atoms in total. The topological polar surface area (TPSA) is 160 Å². The van der Waals surface area contributed by atoms with Crippen LogP contribution in [-0.4, -0.2) is 90.8 Å². The molecule has 2 aliphatic rings. The first kappa shape index (κ1) is 23.0. The summed E-state index contributed by atoms with van der Waals surface area (Å²) in [6, 6.07) is -1.99. The Morgan fingerprint density at radius 1 is 1.21 bits per heavy atom. The van der Waals surface area contributed by atoms with Gasteiger partial charge in [-0.15, -0.1) is 0 Å². The molecule has 3 atom stereocenters. The number of carbonyl (C=O) groups is 4. The molecule has 29 heavy (non-hydrogen) atoms. The zero-order valence-electron chi connectivity index (χ0n) is 16.6. The Morgan fingerprint density at radius 2 is 1.90 bits per heavy atom. The lowest BCUT2D eigenvalue weighted by molar-refractivity contribution is -0.145. The molecular weight excluding hydrogens is 384 g/mol. The number of carboxylic acid groups (broad SMARTS) is 1. The van der Waals surface area contributed by atoms with E-state index < -0.39 is 41.3 Å². The summed E-state index contributed by atoms with van der Waals surface area (Å²) in [4.78, 5) is 50.2. The van der Waals surface area contributed by atoms with E-state index in [9.17, 15) is 24.3 Å². The van der Waals surface area contributed by atoms with Gasteiger partial charge in [0.1, 0.15) is 11.6 Å². The Hall–Kier alpha value is -2.24. The number of carbonyl (C=O) groups excluding carboxylic acids is 3. The standard InChI is InChI=1S/C18H30N4O7/c1-18(19)11-29-8-3-2-7-28-10-12(16(25)26)21-15(24)13-5-4-6-22(13)14(23)9-20-17(18)27/h12-13H,2-11,19H2,1H3,(H,20,27)(H,21,24)(H,25,26)/t12-,13-,18-/m0/s1. The van der Waals surface area contributed by atoms with Gasteiger partial charge in [0.15, 0.2) is 6.04 Å². The van der Waals surface area contributed by atoms with Gasteiger partial charge in [0.2, 0.25) is 17.7 Å². The van der Waals surface area contributed by atoms with Crippen molar-refractivity contribution >= 4 is 23.7 Å². The fourth-order valence-corrected chi connectivity index (χ4v) is 3.20. The van der Waals surface area contributed by atoms with Crippen molar-refractivity contribution in [2.75, 3.05) is 39.5 Å². The molecule has 164 valence electrons. The number of nitrogens with two attached hydrogens (primary N) is 1. The number of rotatable bonds is 1. The molecule has 5 N–H and O–H groups in total. The molecule has 3 amide bonds. The van der Waals surface area contributed by atoms with E-state index in [2.05, 4.69) is 10.6 Å². The maximum Gasteiger partial charge on any atom is 0.328 e. The molecule has 0 unspecified atom stereocenters. The lowest BCUT2D eigenvalue weighted by atomic mass is 10.0. The van der Waals surface area contributed by atoms with Crippen LogP contribution in [0.5, 0.6) is 0 Å². The van der Waals surface area contributed by atoms with Crippen molar-refractivity contribution in [2.24, 2.45) is 5.73 Å². The van der Waals surface area contributed by atoms with E-state index in [-0.39, 0.29) is 19.8 Å². The van der Waals surface area contributed by atoms with Crippen LogP contribution in [0.3, 0.4) is 0 Å². The zero-order valence-corrected chi connectivity index (χ0v) is 16.6. The van der Waals surface area contributed by atoms with E-state index in [1.54, 1.807) is 0 Å². The molecule has 2 saturated heterocycles. The molecule has 0 aromatic rings. The van der Waals surface area contributed by atoms with Crippen LogP contribution in [0.2, 0.25) is 0 Å². The SMILES string of the molecule is C[C@]1(N)COCCCCOC[C@@H](C(=O)O)NC(=O)[C@@H]2CCCN2C(=O)CNC1=O. The van der Waals surface area contributed by atoms with Crippen molar-refractivity contribution in [3.63, 3.8) is 0 Å². The number of fused-ring (bicyclic) bond motifs is 1. The van der Waals surface area contributed by atoms with Crippen molar-refractivity contribution in [3.8, 4) is 0 Å². The summed E-state index contributed by atoms with van der Waals surface area (Å²) in [5, 5.41) is 14.3. The Labute approximate surface area is 169 Å². The quantitative estimate of drug-likeness (QED) is 0.391. The average Bonchev–Trinajstić information content (AvgIpc) is 3.15. The van der Waals surface area contributed by atoms with Gasteiger partial charge in [-0.05, 0) is 32.6 Å². The van der Waals surface area contributed by atoms with Crippen LogP contribution in [0.15, 0.2) is 0 Å². The molecule has 0 aromatic heterocycles. The van der Waals surface area contributed by atoms with E-state index in [1.165, 1.54) is 11.8 Å². The largest absolute Gasteiger partial charge is 0.480 e. The molecule has 11 heteroatoms. The predicted molar refractivity (Wildman–Crippen MR) is 101 cm³/mol. The second-order valence-corrected chi connectivity index (χ2v) is 7.58. The maximum absolute atomic E-state index is 12.6. The molecule has 2 heterocycles. The Balaban J connectivity index is 2.09. The molecule has 2 fully saturated rings. The summed E-state index contributed by atoms with van der Waals surface area (Å²) in [7, 11) is 0. The van der Waals surface area contributed by atoms with Gasteiger partial charge in [-0.3, -0.25) is 14.4 Å². The van der Waals surface area contributed by atoms with Crippen LogP contribution < -0.4 is 16.4 Å². The smallest absolute Gasteiger partial charge is 0.328 e. The fraction of sp³-hybridized carbons (Fsp3) is 0.778. The first-order valence-electron chi connectivity index (χ1n) is 9.77. The number of carboxylic acids is 1. The van der Waals surface area contributed by atoms with Crippen LogP contribution in [0.1, 0.15) is 32.6 Å². The van der Waals surface area contributed by atoms with Gasteiger partial charge in [-0.2, -0.15) is 0 Å². The molecule has 0 radical (unpaired) electrons. The van der Waals surface area contributed by atoms with E-state index in [0.717, 1.165) is 0 Å². The van der Waals surface area contributed by atoms with Crippen molar-refractivity contribution in [1.82, 2.24) is 15.5 Å². The van der Waals surface area contributed by atoms with Gasteiger partial charge in [0.05, 0.1) is 19.8 Å². The lowest BCUT2D eigenvalue weighted by Gasteiger charge is -2.27. The summed E-state index contributed by atoms with van der Waals surface area (Å²) in [6.45, 7) is 2.05. The van der Waals surface area contributed by atoms with Crippen molar-refractivity contribution in [1.29, 1.82) is 0 Å². The van der Waals surface area contributed by atoms with Crippen molar-refractivity contribution in [3.05, 3.63) is 0 Å². The van der Waals surface area contributed by atoms with Crippen LogP contribution in [0, 0.1) is 0 Å². The highest BCUT2D eigenvalue weighted by Gasteiger charge is 2.36. The Kier molecular flexibility index (Phi) is 8.35. The first-order chi connectivity index (χ1) is 13.7. The molecule has 0 saturated carbocycles. The third kappa shape index (κ3) is 6.65. The van der Waals surface area contributed by atoms with Crippen LogP contribution in [0.25, 0.3) is 0 Å². The Bertz CT molecular complexity index is 625. The molecule has 0 spiro atoms. The molecule has 2 aliphatic heterocycles. The number of nitrogens with one attached hydrogen (secondary N) is 2. The van der Waals surface area contributed by atoms with Gasteiger partial charge in [0.25, 0.3) is 0 Å². The highest BCUT2D eigenvalue weighted by molar-refractivity contribution is 5.93. The molecule has 0 bridgehead atoms. The third-order valence-corrected chi connectivity index (χ3v) is 4.92. The normalized spacial score (nSPS) is 31.2. The minimum atomic E-state index is -1.29. The minimum Gasteiger partial charge on any atom is -0.480 e. The van der Waals surface area contributed by atoms with Crippen molar-refractivity contribution in [2.45, 2.75) is 50.2 Å². The second kappa shape index (κ2) is 10.5. The number of aliphatic carboxylic acids is 1. The van der Waals surface area contributed by atoms with E-state index in [1.807, 2.05) is 0 Å². The first-order valence-corrected chi connectivity index (χ1v) is 9.77. The monoisotopic (exact) mass is 414 g/mol.